The lowest BCUT2D eigenvalue weighted by molar-refractivity contribution is 0.0544. The second-order valence-electron chi connectivity index (χ2n) is 3.95. The van der Waals surface area contributed by atoms with Crippen LogP contribution in [0, 0.1) is 5.92 Å². The smallest absolute Gasteiger partial charge is 0.225 e. The minimum atomic E-state index is -0.530. The molecule has 0 aliphatic carbocycles. The Bertz CT molecular complexity index is 346. The molecule has 16 heavy (non-hydrogen) atoms. The summed E-state index contributed by atoms with van der Waals surface area (Å²) in [5.74, 6) is 0.531. The number of rotatable bonds is 2. The molecule has 0 amide bonds. The molecule has 1 saturated heterocycles. The number of β-amino-alcohol motifs (C(OH)–C–C–N with tert-alkyl or cyclic N) is 1. The highest BCUT2D eigenvalue weighted by Crippen LogP contribution is 2.20. The van der Waals surface area contributed by atoms with E-state index in [-0.39, 0.29) is 12.5 Å². The van der Waals surface area contributed by atoms with Gasteiger partial charge >= 0.3 is 0 Å². The third-order valence-electron chi connectivity index (χ3n) is 2.85. The van der Waals surface area contributed by atoms with Crippen LogP contribution in [0.1, 0.15) is 6.42 Å². The zero-order chi connectivity index (χ0) is 11.5. The molecule has 2 atom stereocenters. The van der Waals surface area contributed by atoms with Crippen molar-refractivity contribution in [3.63, 3.8) is 0 Å². The normalized spacial score (nSPS) is 25.8. The summed E-state index contributed by atoms with van der Waals surface area (Å²) in [6.07, 6.45) is 3.28. The summed E-state index contributed by atoms with van der Waals surface area (Å²) >= 11 is 5.70. The number of aromatic nitrogens is 2. The molecule has 0 aromatic carbocycles. The zero-order valence-electron chi connectivity index (χ0n) is 8.75. The Kier molecular flexibility index (Phi) is 3.58. The van der Waals surface area contributed by atoms with Gasteiger partial charge in [0.1, 0.15) is 0 Å². The molecule has 6 heteroatoms. The standard InChI is InChI=1S/C10H14ClN3O2/c11-8-3-12-10(13-4-8)14-2-1-7(6-15)9(16)5-14/h3-4,7,9,15-16H,1-2,5-6H2/t7-,9-/m0/s1. The van der Waals surface area contributed by atoms with Gasteiger partial charge in [-0.25, -0.2) is 9.97 Å². The Hall–Kier alpha value is -0.910. The molecular formula is C10H14ClN3O2. The maximum atomic E-state index is 9.77. The summed E-state index contributed by atoms with van der Waals surface area (Å²) < 4.78 is 0. The fraction of sp³-hybridized carbons (Fsp3) is 0.600. The van der Waals surface area contributed by atoms with Crippen LogP contribution < -0.4 is 4.90 Å². The average molecular weight is 244 g/mol. The highest BCUT2D eigenvalue weighted by Gasteiger charge is 2.28. The largest absolute Gasteiger partial charge is 0.396 e. The van der Waals surface area contributed by atoms with Crippen LogP contribution in [0.15, 0.2) is 12.4 Å². The van der Waals surface area contributed by atoms with Crippen LogP contribution in [0.4, 0.5) is 5.95 Å². The minimum Gasteiger partial charge on any atom is -0.396 e. The molecule has 0 saturated carbocycles. The first kappa shape index (κ1) is 11.6. The highest BCUT2D eigenvalue weighted by molar-refractivity contribution is 6.30. The molecule has 88 valence electrons. The van der Waals surface area contributed by atoms with E-state index in [4.69, 9.17) is 16.7 Å². The Morgan fingerprint density at radius 2 is 2.12 bits per heavy atom. The lowest BCUT2D eigenvalue weighted by Crippen LogP contribution is -2.45. The Morgan fingerprint density at radius 1 is 1.44 bits per heavy atom. The van der Waals surface area contributed by atoms with Gasteiger partial charge in [0.25, 0.3) is 0 Å². The van der Waals surface area contributed by atoms with E-state index in [0.29, 0.717) is 17.5 Å². The molecule has 1 aliphatic heterocycles. The molecule has 2 heterocycles. The number of nitrogens with zero attached hydrogens (tertiary/aromatic N) is 3. The first-order valence-electron chi connectivity index (χ1n) is 5.22. The van der Waals surface area contributed by atoms with Gasteiger partial charge < -0.3 is 15.1 Å². The van der Waals surface area contributed by atoms with Crippen molar-refractivity contribution in [2.75, 3.05) is 24.6 Å². The molecule has 5 nitrogen and oxygen atoms in total. The van der Waals surface area contributed by atoms with E-state index >= 15 is 0 Å². The lowest BCUT2D eigenvalue weighted by atomic mass is 9.95. The zero-order valence-corrected chi connectivity index (χ0v) is 9.51. The van der Waals surface area contributed by atoms with E-state index in [2.05, 4.69) is 9.97 Å². The molecule has 0 radical (unpaired) electrons. The number of piperidine rings is 1. The molecule has 2 rings (SSSR count). The van der Waals surface area contributed by atoms with Gasteiger partial charge in [-0.1, -0.05) is 11.6 Å². The molecule has 1 aromatic rings. The summed E-state index contributed by atoms with van der Waals surface area (Å²) in [5, 5.41) is 19.3. The molecule has 2 N–H and O–H groups in total. The van der Waals surface area contributed by atoms with Crippen LogP contribution in [0.25, 0.3) is 0 Å². The van der Waals surface area contributed by atoms with Crippen molar-refractivity contribution in [2.24, 2.45) is 5.92 Å². The molecule has 1 aromatic heterocycles. The molecule has 1 aliphatic rings. The number of aliphatic hydroxyl groups excluding tert-OH is 2. The van der Waals surface area contributed by atoms with Gasteiger partial charge in [-0.15, -0.1) is 0 Å². The molecule has 0 unspecified atom stereocenters. The van der Waals surface area contributed by atoms with E-state index in [9.17, 15) is 5.11 Å². The number of aliphatic hydroxyl groups is 2. The summed E-state index contributed by atoms with van der Waals surface area (Å²) in [7, 11) is 0. The third kappa shape index (κ3) is 2.42. The first-order valence-corrected chi connectivity index (χ1v) is 5.60. The molecule has 1 fully saturated rings. The fourth-order valence-electron chi connectivity index (χ4n) is 1.84. The third-order valence-corrected chi connectivity index (χ3v) is 3.04. The second-order valence-corrected chi connectivity index (χ2v) is 4.38. The number of anilines is 1. The highest BCUT2D eigenvalue weighted by atomic mass is 35.5. The van der Waals surface area contributed by atoms with Crippen LogP contribution in [-0.4, -0.2) is 46.0 Å². The van der Waals surface area contributed by atoms with Crippen LogP contribution in [0.2, 0.25) is 5.02 Å². The minimum absolute atomic E-state index is 0.0243. The van der Waals surface area contributed by atoms with Gasteiger partial charge in [0.2, 0.25) is 5.95 Å². The monoisotopic (exact) mass is 243 g/mol. The van der Waals surface area contributed by atoms with E-state index in [0.717, 1.165) is 13.0 Å². The van der Waals surface area contributed by atoms with E-state index in [1.54, 1.807) is 0 Å². The summed E-state index contributed by atoms with van der Waals surface area (Å²) in [4.78, 5) is 10.1. The lowest BCUT2D eigenvalue weighted by Gasteiger charge is -2.34. The van der Waals surface area contributed by atoms with Crippen molar-refractivity contribution in [3.8, 4) is 0 Å². The van der Waals surface area contributed by atoms with E-state index in [1.165, 1.54) is 12.4 Å². The average Bonchev–Trinajstić information content (AvgIpc) is 2.30. The second kappa shape index (κ2) is 4.95. The Labute approximate surface area is 98.7 Å². The quantitative estimate of drug-likeness (QED) is 0.783. The van der Waals surface area contributed by atoms with Crippen molar-refractivity contribution in [1.29, 1.82) is 0 Å². The van der Waals surface area contributed by atoms with Gasteiger partial charge in [-0.3, -0.25) is 0 Å². The maximum Gasteiger partial charge on any atom is 0.225 e. The van der Waals surface area contributed by atoms with Crippen LogP contribution >= 0.6 is 11.6 Å². The Balaban J connectivity index is 2.04. The molecule has 0 bridgehead atoms. The van der Waals surface area contributed by atoms with E-state index < -0.39 is 6.10 Å². The number of hydrogen-bond donors (Lipinski definition) is 2. The van der Waals surface area contributed by atoms with Crippen molar-refractivity contribution >= 4 is 17.5 Å². The van der Waals surface area contributed by atoms with Crippen molar-refractivity contribution in [1.82, 2.24) is 9.97 Å². The SMILES string of the molecule is OC[C@@H]1CCN(c2ncc(Cl)cn2)C[C@@H]1O. The number of halogens is 1. The van der Waals surface area contributed by atoms with E-state index in [1.807, 2.05) is 4.90 Å². The van der Waals surface area contributed by atoms with Gasteiger partial charge in [-0.05, 0) is 6.42 Å². The van der Waals surface area contributed by atoms with Gasteiger partial charge in [0.15, 0.2) is 0 Å². The van der Waals surface area contributed by atoms with Gasteiger partial charge in [-0.2, -0.15) is 0 Å². The summed E-state index contributed by atoms with van der Waals surface area (Å²) in [6, 6.07) is 0. The summed E-state index contributed by atoms with van der Waals surface area (Å²) in [6.45, 7) is 1.22. The van der Waals surface area contributed by atoms with Crippen LogP contribution in [0.5, 0.6) is 0 Å². The predicted molar refractivity (Wildman–Crippen MR) is 60.5 cm³/mol. The van der Waals surface area contributed by atoms with Crippen molar-refractivity contribution < 1.29 is 10.2 Å². The predicted octanol–water partition coefficient (Wildman–Crippen LogP) is 0.309. The van der Waals surface area contributed by atoms with Gasteiger partial charge in [0, 0.05) is 25.6 Å². The topological polar surface area (TPSA) is 69.5 Å². The molecular weight excluding hydrogens is 230 g/mol. The van der Waals surface area contributed by atoms with Crippen molar-refractivity contribution in [2.45, 2.75) is 12.5 Å². The maximum absolute atomic E-state index is 9.77. The Morgan fingerprint density at radius 3 is 2.69 bits per heavy atom. The van der Waals surface area contributed by atoms with Crippen LogP contribution in [-0.2, 0) is 0 Å². The summed E-state index contributed by atoms with van der Waals surface area (Å²) in [5.41, 5.74) is 0. The van der Waals surface area contributed by atoms with Crippen molar-refractivity contribution in [3.05, 3.63) is 17.4 Å². The number of hydrogen-bond acceptors (Lipinski definition) is 5. The first-order chi connectivity index (χ1) is 7.70. The fourth-order valence-corrected chi connectivity index (χ4v) is 1.94. The van der Waals surface area contributed by atoms with Gasteiger partial charge in [0.05, 0.1) is 23.5 Å². The van der Waals surface area contributed by atoms with Crippen LogP contribution in [0.3, 0.4) is 0 Å². The molecule has 0 spiro atoms.